The van der Waals surface area contributed by atoms with Crippen LogP contribution in [0.1, 0.15) is 66.3 Å². The Morgan fingerprint density at radius 1 is 0.889 bits per heavy atom. The molecule has 0 radical (unpaired) electrons. The van der Waals surface area contributed by atoms with Crippen molar-refractivity contribution in [2.45, 2.75) is 53.0 Å². The zero-order chi connectivity index (χ0) is 19.8. The standard InChI is InChI=1S/C23H30N2O2/c1-16(2)9-8-10-18(4)24-23(27)20-14-13-17(3)21(15-20)25-22(26)19-11-6-5-7-12-19/h5-7,11-16,18H,8-10H2,1-4H3,(H,24,27)(H,25,26). The van der Waals surface area contributed by atoms with Crippen LogP contribution in [0.25, 0.3) is 0 Å². The van der Waals surface area contributed by atoms with E-state index in [2.05, 4.69) is 24.5 Å². The van der Waals surface area contributed by atoms with Gasteiger partial charge in [0.15, 0.2) is 0 Å². The Bertz CT molecular complexity index is 769. The molecular weight excluding hydrogens is 336 g/mol. The van der Waals surface area contributed by atoms with Crippen LogP contribution in [0.3, 0.4) is 0 Å². The summed E-state index contributed by atoms with van der Waals surface area (Å²) in [5.41, 5.74) is 2.72. The molecule has 0 bridgehead atoms. The summed E-state index contributed by atoms with van der Waals surface area (Å²) in [5, 5.41) is 5.95. The minimum absolute atomic E-state index is 0.109. The van der Waals surface area contributed by atoms with E-state index in [9.17, 15) is 9.59 Å². The molecule has 2 N–H and O–H groups in total. The molecule has 0 spiro atoms. The molecule has 2 rings (SSSR count). The number of anilines is 1. The number of carbonyl (C=O) groups excluding carboxylic acids is 2. The lowest BCUT2D eigenvalue weighted by atomic mass is 10.0. The normalized spacial score (nSPS) is 11.9. The van der Waals surface area contributed by atoms with Crippen molar-refractivity contribution >= 4 is 17.5 Å². The summed E-state index contributed by atoms with van der Waals surface area (Å²) in [6, 6.07) is 14.6. The first-order valence-corrected chi connectivity index (χ1v) is 9.64. The molecule has 2 aromatic carbocycles. The van der Waals surface area contributed by atoms with E-state index in [1.165, 1.54) is 6.42 Å². The number of hydrogen-bond donors (Lipinski definition) is 2. The van der Waals surface area contributed by atoms with Gasteiger partial charge in [0.05, 0.1) is 0 Å². The van der Waals surface area contributed by atoms with Gasteiger partial charge >= 0.3 is 0 Å². The van der Waals surface area contributed by atoms with Gasteiger partial charge in [-0.1, -0.05) is 51.0 Å². The van der Waals surface area contributed by atoms with E-state index in [1.807, 2.05) is 38.1 Å². The molecule has 144 valence electrons. The number of hydrogen-bond acceptors (Lipinski definition) is 2. The van der Waals surface area contributed by atoms with Gasteiger partial charge < -0.3 is 10.6 Å². The highest BCUT2D eigenvalue weighted by atomic mass is 16.2. The van der Waals surface area contributed by atoms with Gasteiger partial charge in [-0.05, 0) is 56.0 Å². The highest BCUT2D eigenvalue weighted by Crippen LogP contribution is 2.18. The van der Waals surface area contributed by atoms with Crippen molar-refractivity contribution in [1.82, 2.24) is 5.32 Å². The molecule has 0 aliphatic carbocycles. The second kappa shape index (κ2) is 9.91. The summed E-state index contributed by atoms with van der Waals surface area (Å²) in [5.74, 6) is 0.390. The highest BCUT2D eigenvalue weighted by molar-refractivity contribution is 6.05. The molecule has 2 aromatic rings. The molecule has 0 aromatic heterocycles. The van der Waals surface area contributed by atoms with Crippen molar-refractivity contribution in [3.63, 3.8) is 0 Å². The Balaban J connectivity index is 2.01. The molecule has 4 heteroatoms. The van der Waals surface area contributed by atoms with Gasteiger partial charge in [-0.15, -0.1) is 0 Å². The third-order valence-electron chi connectivity index (χ3n) is 4.58. The van der Waals surface area contributed by atoms with Crippen LogP contribution < -0.4 is 10.6 Å². The van der Waals surface area contributed by atoms with E-state index in [4.69, 9.17) is 0 Å². The Morgan fingerprint density at radius 2 is 1.59 bits per heavy atom. The third-order valence-corrected chi connectivity index (χ3v) is 4.58. The molecule has 0 aliphatic rings. The molecule has 0 heterocycles. The molecule has 2 amide bonds. The Hall–Kier alpha value is -2.62. The molecule has 1 unspecified atom stereocenters. The number of aryl methyl sites for hydroxylation is 1. The second-order valence-electron chi connectivity index (χ2n) is 7.55. The van der Waals surface area contributed by atoms with E-state index < -0.39 is 0 Å². The first kappa shape index (κ1) is 20.7. The van der Waals surface area contributed by atoms with Gasteiger partial charge in [0.1, 0.15) is 0 Å². The number of amides is 2. The van der Waals surface area contributed by atoms with Crippen LogP contribution in [-0.2, 0) is 0 Å². The van der Waals surface area contributed by atoms with E-state index in [0.717, 1.165) is 18.4 Å². The van der Waals surface area contributed by atoms with Crippen molar-refractivity contribution in [2.75, 3.05) is 5.32 Å². The summed E-state index contributed by atoms with van der Waals surface area (Å²) >= 11 is 0. The maximum Gasteiger partial charge on any atom is 0.255 e. The first-order chi connectivity index (χ1) is 12.9. The predicted molar refractivity (Wildman–Crippen MR) is 111 cm³/mol. The topological polar surface area (TPSA) is 58.2 Å². The van der Waals surface area contributed by atoms with E-state index in [-0.39, 0.29) is 17.9 Å². The van der Waals surface area contributed by atoms with E-state index >= 15 is 0 Å². The van der Waals surface area contributed by atoms with Gasteiger partial charge in [-0.3, -0.25) is 9.59 Å². The minimum atomic E-state index is -0.182. The predicted octanol–water partition coefficient (Wildman–Crippen LogP) is 5.19. The molecule has 0 aliphatic heterocycles. The van der Waals surface area contributed by atoms with Gasteiger partial charge in [0.25, 0.3) is 11.8 Å². The monoisotopic (exact) mass is 366 g/mol. The maximum absolute atomic E-state index is 12.5. The third kappa shape index (κ3) is 6.55. The fourth-order valence-electron chi connectivity index (χ4n) is 2.89. The van der Waals surface area contributed by atoms with Crippen molar-refractivity contribution < 1.29 is 9.59 Å². The Morgan fingerprint density at radius 3 is 2.26 bits per heavy atom. The van der Waals surface area contributed by atoms with Crippen LogP contribution >= 0.6 is 0 Å². The lowest BCUT2D eigenvalue weighted by Gasteiger charge is -2.16. The minimum Gasteiger partial charge on any atom is -0.350 e. The van der Waals surface area contributed by atoms with Crippen LogP contribution in [0, 0.1) is 12.8 Å². The number of rotatable bonds is 8. The summed E-state index contributed by atoms with van der Waals surface area (Å²) in [6.07, 6.45) is 3.24. The number of nitrogens with one attached hydrogen (secondary N) is 2. The van der Waals surface area contributed by atoms with Crippen molar-refractivity contribution in [3.8, 4) is 0 Å². The summed E-state index contributed by atoms with van der Waals surface area (Å²) in [4.78, 5) is 24.9. The van der Waals surface area contributed by atoms with Gasteiger partial charge in [-0.25, -0.2) is 0 Å². The molecule has 27 heavy (non-hydrogen) atoms. The van der Waals surface area contributed by atoms with Crippen molar-refractivity contribution in [1.29, 1.82) is 0 Å². The van der Waals surface area contributed by atoms with Gasteiger partial charge in [0, 0.05) is 22.9 Å². The molecule has 0 saturated carbocycles. The number of benzene rings is 2. The summed E-state index contributed by atoms with van der Waals surface area (Å²) in [6.45, 7) is 8.36. The fraction of sp³-hybridized carbons (Fsp3) is 0.391. The SMILES string of the molecule is Cc1ccc(C(=O)NC(C)CCCC(C)C)cc1NC(=O)c1ccccc1. The lowest BCUT2D eigenvalue weighted by Crippen LogP contribution is -2.32. The second-order valence-corrected chi connectivity index (χ2v) is 7.55. The highest BCUT2D eigenvalue weighted by Gasteiger charge is 2.13. The van der Waals surface area contributed by atoms with Gasteiger partial charge in [0.2, 0.25) is 0 Å². The van der Waals surface area contributed by atoms with Crippen LogP contribution in [0.4, 0.5) is 5.69 Å². The fourth-order valence-corrected chi connectivity index (χ4v) is 2.89. The average molecular weight is 367 g/mol. The van der Waals surface area contributed by atoms with Gasteiger partial charge in [-0.2, -0.15) is 0 Å². The quantitative estimate of drug-likeness (QED) is 0.675. The number of carbonyl (C=O) groups is 2. The van der Waals surface area contributed by atoms with E-state index in [0.29, 0.717) is 22.7 Å². The molecule has 0 saturated heterocycles. The molecule has 1 atom stereocenters. The molecule has 0 fully saturated rings. The van der Waals surface area contributed by atoms with Crippen LogP contribution in [0.15, 0.2) is 48.5 Å². The summed E-state index contributed by atoms with van der Waals surface area (Å²) < 4.78 is 0. The first-order valence-electron chi connectivity index (χ1n) is 9.64. The zero-order valence-corrected chi connectivity index (χ0v) is 16.7. The lowest BCUT2D eigenvalue weighted by molar-refractivity contribution is 0.0936. The molecular formula is C23H30N2O2. The average Bonchev–Trinajstić information content (AvgIpc) is 2.63. The van der Waals surface area contributed by atoms with Crippen LogP contribution in [-0.4, -0.2) is 17.9 Å². The largest absolute Gasteiger partial charge is 0.350 e. The zero-order valence-electron chi connectivity index (χ0n) is 16.7. The molecule has 4 nitrogen and oxygen atoms in total. The summed E-state index contributed by atoms with van der Waals surface area (Å²) in [7, 11) is 0. The Labute approximate surface area is 162 Å². The smallest absolute Gasteiger partial charge is 0.255 e. The maximum atomic E-state index is 12.5. The van der Waals surface area contributed by atoms with Crippen molar-refractivity contribution in [2.24, 2.45) is 5.92 Å². The van der Waals surface area contributed by atoms with Crippen molar-refractivity contribution in [3.05, 3.63) is 65.2 Å². The Kier molecular flexibility index (Phi) is 7.59. The van der Waals surface area contributed by atoms with Crippen LogP contribution in [0.2, 0.25) is 0 Å². The van der Waals surface area contributed by atoms with Crippen LogP contribution in [0.5, 0.6) is 0 Å². The van der Waals surface area contributed by atoms with E-state index in [1.54, 1.807) is 24.3 Å².